The largest absolute Gasteiger partial charge is 0.394 e. The molecule has 0 radical (unpaired) electrons. The molecule has 0 aromatic heterocycles. The van der Waals surface area contributed by atoms with E-state index in [1.165, 1.54) is 0 Å². The quantitative estimate of drug-likeness (QED) is 0.0585. The van der Waals surface area contributed by atoms with Crippen LogP contribution in [0.3, 0.4) is 0 Å². The first-order valence-corrected chi connectivity index (χ1v) is 8.42. The van der Waals surface area contributed by atoms with Crippen molar-refractivity contribution in [3.8, 4) is 0 Å². The van der Waals surface area contributed by atoms with Crippen molar-refractivity contribution in [2.24, 2.45) is 0 Å². The summed E-state index contributed by atoms with van der Waals surface area (Å²) in [5.74, 6) is -0.550. The number of aliphatic hydroxyl groups excluding tert-OH is 2. The summed E-state index contributed by atoms with van der Waals surface area (Å²) in [5, 5.41) is 67.0. The number of aliphatic hydroxyl groups is 2. The van der Waals surface area contributed by atoms with E-state index in [1.54, 1.807) is 16.4 Å². The van der Waals surface area contributed by atoms with Gasteiger partial charge >= 0.3 is 0 Å². The Morgan fingerprint density at radius 3 is 1.71 bits per heavy atom. The van der Waals surface area contributed by atoms with Gasteiger partial charge in [0.05, 0.1) is 33.0 Å². The van der Waals surface area contributed by atoms with Crippen LogP contribution in [0.15, 0.2) is 0 Å². The van der Waals surface area contributed by atoms with Crippen LogP contribution in [0, 0.1) is 16.2 Å². The molecule has 0 aromatic carbocycles. The summed E-state index contributed by atoms with van der Waals surface area (Å²) in [5.41, 5.74) is 5.00. The second-order valence-corrected chi connectivity index (χ2v) is 5.59. The molecule has 3 atom stereocenters. The zero-order valence-electron chi connectivity index (χ0n) is 15.3. The van der Waals surface area contributed by atoms with E-state index in [4.69, 9.17) is 46.1 Å². The van der Waals surface area contributed by atoms with Gasteiger partial charge in [-0.05, 0) is 0 Å². The number of hydrogen-bond donors (Lipinski definition) is 11. The average molecular weight is 410 g/mol. The van der Waals surface area contributed by atoms with Gasteiger partial charge in [0.25, 0.3) is 0 Å². The number of rotatable bonds is 16. The normalized spacial score (nSPS) is 14.0. The topological polar surface area (TPSA) is 236 Å². The minimum atomic E-state index is -1.34. The van der Waals surface area contributed by atoms with Crippen LogP contribution in [0.5, 0.6) is 0 Å². The summed E-state index contributed by atoms with van der Waals surface area (Å²) in [6.07, 6.45) is -3.14. The molecule has 0 aliphatic carbocycles. The van der Waals surface area contributed by atoms with Crippen molar-refractivity contribution in [3.05, 3.63) is 0 Å². The molecule has 28 heavy (non-hydrogen) atoms. The Morgan fingerprint density at radius 2 is 1.25 bits per heavy atom. The molecular weight excluding hydrogens is 380 g/mol. The van der Waals surface area contributed by atoms with Crippen LogP contribution in [0.4, 0.5) is 0 Å². The maximum absolute atomic E-state index is 10.0. The van der Waals surface area contributed by atoms with Gasteiger partial charge in [0.2, 0.25) is 0 Å². The summed E-state index contributed by atoms with van der Waals surface area (Å²) in [6, 6.07) is 0. The Labute approximate surface area is 161 Å². The first-order valence-electron chi connectivity index (χ1n) is 8.42. The standard InChI is InChI=1S/C14H30N6O8/c15-11(18-23)1-4-26-8-10(27-5-2-12(16)19-24)14(9(22)7-21)28-6-3-13(17)20-25/h9-10,14,21-25H,1-8H2,(H2,15,18)(H2,16,19)(H2,17,20). The third kappa shape index (κ3) is 11.7. The Balaban J connectivity index is 4.86. The number of nitrogens with one attached hydrogen (secondary N) is 6. The lowest BCUT2D eigenvalue weighted by molar-refractivity contribution is -0.148. The zero-order valence-corrected chi connectivity index (χ0v) is 15.3. The molecule has 0 amide bonds. The van der Waals surface area contributed by atoms with E-state index in [1.807, 2.05) is 0 Å². The Morgan fingerprint density at radius 1 is 0.786 bits per heavy atom. The van der Waals surface area contributed by atoms with E-state index in [2.05, 4.69) is 0 Å². The maximum atomic E-state index is 10.0. The highest BCUT2D eigenvalue weighted by Crippen LogP contribution is 2.12. The highest BCUT2D eigenvalue weighted by molar-refractivity contribution is 5.78. The number of hydrogen-bond acceptors (Lipinski definition) is 11. The molecule has 0 fully saturated rings. The van der Waals surface area contributed by atoms with Gasteiger partial charge in [0.15, 0.2) is 0 Å². The molecule has 164 valence electrons. The minimum Gasteiger partial charge on any atom is -0.394 e. The molecule has 0 aliphatic heterocycles. The van der Waals surface area contributed by atoms with Gasteiger partial charge in [0.1, 0.15) is 35.8 Å². The molecule has 0 aromatic rings. The highest BCUT2D eigenvalue weighted by Gasteiger charge is 2.30. The summed E-state index contributed by atoms with van der Waals surface area (Å²) in [6.45, 7) is -0.772. The molecule has 0 bridgehead atoms. The molecule has 0 rings (SSSR count). The fourth-order valence-corrected chi connectivity index (χ4v) is 1.96. The second-order valence-electron chi connectivity index (χ2n) is 5.59. The summed E-state index contributed by atoms with van der Waals surface area (Å²) in [4.78, 5) is 0. The van der Waals surface area contributed by atoms with Gasteiger partial charge in [-0.1, -0.05) is 0 Å². The lowest BCUT2D eigenvalue weighted by Gasteiger charge is -2.30. The smallest absolute Gasteiger partial charge is 0.120 e. The maximum Gasteiger partial charge on any atom is 0.120 e. The van der Waals surface area contributed by atoms with Gasteiger partial charge in [-0.3, -0.25) is 48.3 Å². The molecule has 0 heterocycles. The van der Waals surface area contributed by atoms with Gasteiger partial charge < -0.3 is 24.4 Å². The van der Waals surface area contributed by atoms with Gasteiger partial charge in [-0.2, -0.15) is 0 Å². The third-order valence-electron chi connectivity index (χ3n) is 3.46. The Kier molecular flexibility index (Phi) is 15.0. The molecule has 14 heteroatoms. The Bertz CT molecular complexity index is 469. The van der Waals surface area contributed by atoms with E-state index < -0.39 is 24.9 Å². The molecule has 0 aliphatic rings. The number of hydroxylamine groups is 3. The predicted molar refractivity (Wildman–Crippen MR) is 95.2 cm³/mol. The van der Waals surface area contributed by atoms with Crippen molar-refractivity contribution >= 4 is 17.5 Å². The van der Waals surface area contributed by atoms with Crippen LogP contribution in [-0.2, 0) is 14.2 Å². The number of ether oxygens (including phenoxy) is 3. The lowest BCUT2D eigenvalue weighted by Crippen LogP contribution is -2.46. The molecule has 0 saturated heterocycles. The first kappa shape index (κ1) is 26.1. The van der Waals surface area contributed by atoms with E-state index in [0.717, 1.165) is 0 Å². The summed E-state index contributed by atoms with van der Waals surface area (Å²) >= 11 is 0. The van der Waals surface area contributed by atoms with Crippen molar-refractivity contribution in [3.63, 3.8) is 0 Å². The van der Waals surface area contributed by atoms with Crippen molar-refractivity contribution in [1.82, 2.24) is 16.4 Å². The van der Waals surface area contributed by atoms with Crippen LogP contribution in [0.25, 0.3) is 0 Å². The third-order valence-corrected chi connectivity index (χ3v) is 3.46. The van der Waals surface area contributed by atoms with Crippen LogP contribution >= 0.6 is 0 Å². The van der Waals surface area contributed by atoms with Crippen molar-refractivity contribution < 1.29 is 40.0 Å². The molecule has 0 saturated carbocycles. The van der Waals surface area contributed by atoms with E-state index in [-0.39, 0.29) is 63.2 Å². The second kappa shape index (κ2) is 16.1. The summed E-state index contributed by atoms with van der Waals surface area (Å²) in [7, 11) is 0. The van der Waals surface area contributed by atoms with Crippen molar-refractivity contribution in [1.29, 1.82) is 16.2 Å². The molecule has 3 unspecified atom stereocenters. The number of amidine groups is 3. The fraction of sp³-hybridized carbons (Fsp3) is 0.786. The first-order chi connectivity index (χ1) is 13.4. The molecule has 11 N–H and O–H groups in total. The zero-order chi connectivity index (χ0) is 21.4. The van der Waals surface area contributed by atoms with E-state index in [9.17, 15) is 10.2 Å². The lowest BCUT2D eigenvalue weighted by atomic mass is 10.1. The van der Waals surface area contributed by atoms with E-state index >= 15 is 0 Å². The molecule has 0 spiro atoms. The molecule has 14 nitrogen and oxygen atoms in total. The van der Waals surface area contributed by atoms with Crippen molar-refractivity contribution in [2.45, 2.75) is 37.6 Å². The highest BCUT2D eigenvalue weighted by atomic mass is 16.6. The fourth-order valence-electron chi connectivity index (χ4n) is 1.96. The van der Waals surface area contributed by atoms with Gasteiger partial charge in [-0.15, -0.1) is 0 Å². The van der Waals surface area contributed by atoms with Gasteiger partial charge in [0, 0.05) is 19.3 Å². The minimum absolute atomic E-state index is 0.0110. The summed E-state index contributed by atoms with van der Waals surface area (Å²) < 4.78 is 16.4. The average Bonchev–Trinajstić information content (AvgIpc) is 2.71. The van der Waals surface area contributed by atoms with E-state index in [0.29, 0.717) is 0 Å². The van der Waals surface area contributed by atoms with Crippen LogP contribution < -0.4 is 16.4 Å². The monoisotopic (exact) mass is 410 g/mol. The van der Waals surface area contributed by atoms with Crippen LogP contribution in [-0.4, -0.2) is 94.7 Å². The van der Waals surface area contributed by atoms with Crippen molar-refractivity contribution in [2.75, 3.05) is 33.0 Å². The Hall–Kier alpha value is -1.91. The van der Waals surface area contributed by atoms with Crippen LogP contribution in [0.1, 0.15) is 19.3 Å². The van der Waals surface area contributed by atoms with Gasteiger partial charge in [-0.25, -0.2) is 0 Å². The van der Waals surface area contributed by atoms with Crippen LogP contribution in [0.2, 0.25) is 0 Å². The molecular formula is C14H30N6O8. The predicted octanol–water partition coefficient (Wildman–Crippen LogP) is -1.83. The SMILES string of the molecule is N=C(CCOCC(OCCC(=N)NO)C(OCCC(=N)NO)C(O)CO)NO.